The van der Waals surface area contributed by atoms with E-state index in [1.54, 1.807) is 4.57 Å². The summed E-state index contributed by atoms with van der Waals surface area (Å²) in [7, 11) is 0. The first kappa shape index (κ1) is 14.8. The Morgan fingerprint density at radius 2 is 2.11 bits per heavy atom. The van der Waals surface area contributed by atoms with Crippen molar-refractivity contribution in [3.05, 3.63) is 37.4 Å². The molecule has 5 heteroatoms. The zero-order chi connectivity index (χ0) is 13.8. The number of aromatic nitrogens is 2. The summed E-state index contributed by atoms with van der Waals surface area (Å²) in [4.78, 5) is 16.7. The third kappa shape index (κ3) is 3.48. The lowest BCUT2D eigenvalue weighted by Crippen LogP contribution is -2.22. The van der Waals surface area contributed by atoms with Crippen molar-refractivity contribution in [1.29, 1.82) is 0 Å². The number of benzene rings is 1. The Hall–Kier alpha value is -0.620. The van der Waals surface area contributed by atoms with Crippen molar-refractivity contribution in [2.24, 2.45) is 0 Å². The number of hydrogen-bond donors (Lipinski definition) is 0. The van der Waals surface area contributed by atoms with Gasteiger partial charge in [0.1, 0.15) is 0 Å². The number of nitrogens with zero attached hydrogens (tertiary/aromatic N) is 2. The lowest BCUT2D eigenvalue weighted by atomic mass is 10.2. The lowest BCUT2D eigenvalue weighted by molar-refractivity contribution is 0.568. The standard InChI is InChI=1S/C14H16ClIN2O/c1-2-3-4-5-8-18-13(19)11-9-10(16)6-7-12(11)17-14(18)15/h6-7,9H,2-5,8H2,1H3. The van der Waals surface area contributed by atoms with Crippen LogP contribution in [-0.4, -0.2) is 9.55 Å². The fourth-order valence-corrected chi connectivity index (χ4v) is 2.80. The van der Waals surface area contributed by atoms with Crippen LogP contribution in [0.1, 0.15) is 32.6 Å². The molecule has 1 heterocycles. The van der Waals surface area contributed by atoms with Crippen molar-refractivity contribution in [2.45, 2.75) is 39.2 Å². The maximum absolute atomic E-state index is 12.4. The highest BCUT2D eigenvalue weighted by Gasteiger charge is 2.09. The molecule has 0 saturated carbocycles. The summed E-state index contributed by atoms with van der Waals surface area (Å²) in [5.74, 6) is 0. The first-order valence-corrected chi connectivity index (χ1v) is 7.94. The van der Waals surface area contributed by atoms with Gasteiger partial charge in [-0.1, -0.05) is 26.2 Å². The van der Waals surface area contributed by atoms with Gasteiger partial charge in [0.25, 0.3) is 5.56 Å². The van der Waals surface area contributed by atoms with Crippen LogP contribution in [0.4, 0.5) is 0 Å². The quantitative estimate of drug-likeness (QED) is 0.435. The lowest BCUT2D eigenvalue weighted by Gasteiger charge is -2.09. The summed E-state index contributed by atoms with van der Waals surface area (Å²) in [5, 5.41) is 0.932. The number of halogens is 2. The van der Waals surface area contributed by atoms with Crippen molar-refractivity contribution in [3.8, 4) is 0 Å². The van der Waals surface area contributed by atoms with E-state index in [4.69, 9.17) is 11.6 Å². The molecule has 0 N–H and O–H groups in total. The largest absolute Gasteiger partial charge is 0.283 e. The van der Waals surface area contributed by atoms with E-state index in [1.807, 2.05) is 18.2 Å². The summed E-state index contributed by atoms with van der Waals surface area (Å²) in [6, 6.07) is 5.63. The first-order chi connectivity index (χ1) is 9.13. The molecular weight excluding hydrogens is 375 g/mol. The Morgan fingerprint density at radius 3 is 2.84 bits per heavy atom. The van der Waals surface area contributed by atoms with E-state index in [0.717, 1.165) is 16.4 Å². The molecule has 2 rings (SSSR count). The van der Waals surface area contributed by atoms with Gasteiger partial charge in [-0.05, 0) is 58.8 Å². The predicted molar refractivity (Wildman–Crippen MR) is 87.9 cm³/mol. The topological polar surface area (TPSA) is 34.9 Å². The molecule has 0 radical (unpaired) electrons. The van der Waals surface area contributed by atoms with Crippen molar-refractivity contribution >= 4 is 45.1 Å². The van der Waals surface area contributed by atoms with E-state index in [1.165, 1.54) is 12.8 Å². The molecule has 0 aliphatic rings. The van der Waals surface area contributed by atoms with Crippen LogP contribution in [0.2, 0.25) is 5.28 Å². The minimum absolute atomic E-state index is 0.0370. The van der Waals surface area contributed by atoms with Gasteiger partial charge in [-0.25, -0.2) is 4.98 Å². The maximum Gasteiger partial charge on any atom is 0.262 e. The summed E-state index contributed by atoms with van der Waals surface area (Å²) in [6.45, 7) is 2.81. The van der Waals surface area contributed by atoms with Crippen LogP contribution in [0, 0.1) is 3.57 Å². The van der Waals surface area contributed by atoms with Crippen molar-refractivity contribution in [3.63, 3.8) is 0 Å². The summed E-state index contributed by atoms with van der Waals surface area (Å²) in [6.07, 6.45) is 4.44. The minimum atomic E-state index is -0.0370. The second-order valence-electron chi connectivity index (χ2n) is 4.56. The molecule has 1 aromatic heterocycles. The number of rotatable bonds is 5. The van der Waals surface area contributed by atoms with Gasteiger partial charge >= 0.3 is 0 Å². The molecule has 1 aromatic carbocycles. The summed E-state index contributed by atoms with van der Waals surface area (Å²) >= 11 is 8.31. The van der Waals surface area contributed by atoms with Crippen LogP contribution < -0.4 is 5.56 Å². The van der Waals surface area contributed by atoms with Crippen LogP contribution in [0.5, 0.6) is 0 Å². The molecule has 0 saturated heterocycles. The molecule has 0 atom stereocenters. The molecule has 0 amide bonds. The van der Waals surface area contributed by atoms with Crippen molar-refractivity contribution in [1.82, 2.24) is 9.55 Å². The molecule has 0 spiro atoms. The van der Waals surface area contributed by atoms with E-state index in [0.29, 0.717) is 17.4 Å². The molecular formula is C14H16ClIN2O. The molecule has 0 aliphatic heterocycles. The molecule has 0 unspecified atom stereocenters. The van der Waals surface area contributed by atoms with Crippen LogP contribution >= 0.6 is 34.2 Å². The predicted octanol–water partition coefficient (Wildman–Crippen LogP) is 4.23. The second kappa shape index (κ2) is 6.70. The van der Waals surface area contributed by atoms with Gasteiger partial charge in [-0.15, -0.1) is 0 Å². The molecule has 0 bridgehead atoms. The highest BCUT2D eigenvalue weighted by molar-refractivity contribution is 14.1. The van der Waals surface area contributed by atoms with Crippen LogP contribution in [0.25, 0.3) is 10.9 Å². The van der Waals surface area contributed by atoms with E-state index < -0.39 is 0 Å². The van der Waals surface area contributed by atoms with Gasteiger partial charge in [-0.3, -0.25) is 9.36 Å². The van der Waals surface area contributed by atoms with E-state index in [2.05, 4.69) is 34.5 Å². The van der Waals surface area contributed by atoms with Gasteiger partial charge in [-0.2, -0.15) is 0 Å². The average molecular weight is 391 g/mol. The highest BCUT2D eigenvalue weighted by atomic mass is 127. The van der Waals surface area contributed by atoms with Crippen molar-refractivity contribution < 1.29 is 0 Å². The minimum Gasteiger partial charge on any atom is -0.283 e. The van der Waals surface area contributed by atoms with Crippen LogP contribution in [0.15, 0.2) is 23.0 Å². The van der Waals surface area contributed by atoms with Gasteiger partial charge in [0, 0.05) is 10.1 Å². The Bertz CT molecular complexity index is 639. The number of fused-ring (bicyclic) bond motifs is 1. The summed E-state index contributed by atoms with van der Waals surface area (Å²) in [5.41, 5.74) is 0.630. The molecule has 0 aliphatic carbocycles. The summed E-state index contributed by atoms with van der Waals surface area (Å²) < 4.78 is 2.61. The maximum atomic E-state index is 12.4. The molecule has 19 heavy (non-hydrogen) atoms. The molecule has 102 valence electrons. The Balaban J connectivity index is 2.35. The Morgan fingerprint density at radius 1 is 1.32 bits per heavy atom. The van der Waals surface area contributed by atoms with Crippen LogP contribution in [-0.2, 0) is 6.54 Å². The fraction of sp³-hybridized carbons (Fsp3) is 0.429. The third-order valence-electron chi connectivity index (χ3n) is 3.10. The first-order valence-electron chi connectivity index (χ1n) is 6.49. The number of hydrogen-bond acceptors (Lipinski definition) is 2. The SMILES string of the molecule is CCCCCCn1c(Cl)nc2ccc(I)cc2c1=O. The van der Waals surface area contributed by atoms with E-state index in [-0.39, 0.29) is 10.8 Å². The fourth-order valence-electron chi connectivity index (χ4n) is 2.06. The molecule has 0 fully saturated rings. The van der Waals surface area contributed by atoms with Gasteiger partial charge in [0.05, 0.1) is 10.9 Å². The van der Waals surface area contributed by atoms with E-state index in [9.17, 15) is 4.79 Å². The van der Waals surface area contributed by atoms with E-state index >= 15 is 0 Å². The Kier molecular flexibility index (Phi) is 5.21. The normalized spacial score (nSPS) is 11.1. The molecule has 3 nitrogen and oxygen atoms in total. The van der Waals surface area contributed by atoms with Gasteiger partial charge < -0.3 is 0 Å². The number of unbranched alkanes of at least 4 members (excludes halogenated alkanes) is 3. The zero-order valence-electron chi connectivity index (χ0n) is 10.8. The zero-order valence-corrected chi connectivity index (χ0v) is 13.7. The van der Waals surface area contributed by atoms with Crippen LogP contribution in [0.3, 0.4) is 0 Å². The average Bonchev–Trinajstić information content (AvgIpc) is 2.39. The van der Waals surface area contributed by atoms with Gasteiger partial charge in [0.15, 0.2) is 0 Å². The smallest absolute Gasteiger partial charge is 0.262 e. The van der Waals surface area contributed by atoms with Gasteiger partial charge in [0.2, 0.25) is 5.28 Å². The second-order valence-corrected chi connectivity index (χ2v) is 6.14. The monoisotopic (exact) mass is 390 g/mol. The Labute approximate surface area is 131 Å². The molecule has 2 aromatic rings. The highest BCUT2D eigenvalue weighted by Crippen LogP contribution is 2.15. The third-order valence-corrected chi connectivity index (χ3v) is 4.06. The van der Waals surface area contributed by atoms with Crippen molar-refractivity contribution in [2.75, 3.05) is 0 Å².